The maximum Gasteiger partial charge on any atom is 0.240 e. The molecule has 3 aromatic rings. The van der Waals surface area contributed by atoms with E-state index in [1.54, 1.807) is 0 Å². The summed E-state index contributed by atoms with van der Waals surface area (Å²) in [4.78, 5) is 21.2. The predicted octanol–water partition coefficient (Wildman–Crippen LogP) is 3.20. The van der Waals surface area contributed by atoms with Crippen molar-refractivity contribution in [3.05, 3.63) is 82.5 Å². The van der Waals surface area contributed by atoms with E-state index in [-0.39, 0.29) is 5.91 Å². The highest BCUT2D eigenvalue weighted by Gasteiger charge is 2.23. The molecule has 0 saturated carbocycles. The lowest BCUT2D eigenvalue weighted by Crippen LogP contribution is -2.48. The largest absolute Gasteiger partial charge is 0.340 e. The Balaban J connectivity index is 1.26. The van der Waals surface area contributed by atoms with Crippen LogP contribution in [0.5, 0.6) is 0 Å². The quantitative estimate of drug-likeness (QED) is 0.624. The minimum absolute atomic E-state index is 0.112. The van der Waals surface area contributed by atoms with Gasteiger partial charge in [-0.15, -0.1) is 0 Å². The topological polar surface area (TPSA) is 62.5 Å². The van der Waals surface area contributed by atoms with Crippen molar-refractivity contribution in [1.82, 2.24) is 19.9 Å². The van der Waals surface area contributed by atoms with Crippen LogP contribution in [0.4, 0.5) is 0 Å². The Morgan fingerprint density at radius 2 is 1.72 bits per heavy atom. The van der Waals surface area contributed by atoms with Gasteiger partial charge in [-0.3, -0.25) is 9.69 Å². The summed E-state index contributed by atoms with van der Waals surface area (Å²) in [6, 6.07) is 17.6. The molecular weight excluding hydrogens is 388 g/mol. The van der Waals surface area contributed by atoms with Gasteiger partial charge in [0.05, 0.1) is 13.0 Å². The lowest BCUT2D eigenvalue weighted by Gasteiger charge is -2.34. The second-order valence-electron chi connectivity index (χ2n) is 7.19. The highest BCUT2D eigenvalue weighted by molar-refractivity contribution is 6.31. The minimum Gasteiger partial charge on any atom is -0.340 e. The summed E-state index contributed by atoms with van der Waals surface area (Å²) in [7, 11) is 0. The number of amides is 1. The number of rotatable bonds is 6. The summed E-state index contributed by atoms with van der Waals surface area (Å²) < 4.78 is 5.41. The van der Waals surface area contributed by atoms with Gasteiger partial charge in [0.1, 0.15) is 0 Å². The van der Waals surface area contributed by atoms with Gasteiger partial charge in [0.2, 0.25) is 11.8 Å². The van der Waals surface area contributed by atoms with E-state index in [0.29, 0.717) is 49.2 Å². The number of hydrogen-bond acceptors (Lipinski definition) is 5. The van der Waals surface area contributed by atoms with Crippen molar-refractivity contribution in [2.45, 2.75) is 19.4 Å². The first kappa shape index (κ1) is 19.6. The van der Waals surface area contributed by atoms with Crippen LogP contribution in [0.2, 0.25) is 5.02 Å². The molecule has 1 fully saturated rings. The molecule has 7 heteroatoms. The fourth-order valence-corrected chi connectivity index (χ4v) is 3.67. The molecule has 0 radical (unpaired) electrons. The first-order chi connectivity index (χ1) is 14.2. The highest BCUT2D eigenvalue weighted by Crippen LogP contribution is 2.17. The molecule has 0 atom stereocenters. The molecule has 1 aliphatic heterocycles. The van der Waals surface area contributed by atoms with Crippen molar-refractivity contribution in [3.8, 4) is 0 Å². The van der Waals surface area contributed by atoms with Crippen molar-refractivity contribution in [2.24, 2.45) is 0 Å². The fourth-order valence-electron chi connectivity index (χ4n) is 3.47. The van der Waals surface area contributed by atoms with Gasteiger partial charge in [-0.25, -0.2) is 0 Å². The molecule has 0 aliphatic carbocycles. The number of piperazine rings is 1. The molecule has 0 bridgehead atoms. The summed E-state index contributed by atoms with van der Waals surface area (Å²) in [5.74, 6) is 1.42. The SMILES string of the molecule is O=C(Cc1ccccc1Cl)N1CCN(Cc2nc(Cc3ccccc3)no2)CC1. The van der Waals surface area contributed by atoms with Crippen LogP contribution < -0.4 is 0 Å². The second-order valence-corrected chi connectivity index (χ2v) is 7.60. The van der Waals surface area contributed by atoms with E-state index in [9.17, 15) is 4.79 Å². The molecule has 1 aromatic heterocycles. The zero-order chi connectivity index (χ0) is 20.1. The normalized spacial score (nSPS) is 14.9. The Bertz CT molecular complexity index is 952. The van der Waals surface area contributed by atoms with Gasteiger partial charge in [0.15, 0.2) is 5.82 Å². The summed E-state index contributed by atoms with van der Waals surface area (Å²) in [5.41, 5.74) is 2.03. The summed E-state index contributed by atoms with van der Waals surface area (Å²) >= 11 is 6.17. The van der Waals surface area contributed by atoms with Gasteiger partial charge >= 0.3 is 0 Å². The molecule has 1 amide bonds. The third-order valence-electron chi connectivity index (χ3n) is 5.10. The number of carbonyl (C=O) groups excluding carboxylic acids is 1. The molecule has 1 aliphatic rings. The molecule has 4 rings (SSSR count). The second kappa shape index (κ2) is 9.20. The number of halogens is 1. The fraction of sp³-hybridized carbons (Fsp3) is 0.318. The van der Waals surface area contributed by atoms with Crippen LogP contribution in [0, 0.1) is 0 Å². The van der Waals surface area contributed by atoms with E-state index < -0.39 is 0 Å². The summed E-state index contributed by atoms with van der Waals surface area (Å²) in [6.07, 6.45) is 1.00. The molecule has 1 saturated heterocycles. The van der Waals surface area contributed by atoms with E-state index in [0.717, 1.165) is 24.2 Å². The number of nitrogens with zero attached hydrogens (tertiary/aromatic N) is 4. The molecule has 2 aromatic carbocycles. The average molecular weight is 411 g/mol. The lowest BCUT2D eigenvalue weighted by atomic mass is 10.1. The molecule has 0 N–H and O–H groups in total. The zero-order valence-electron chi connectivity index (χ0n) is 16.1. The van der Waals surface area contributed by atoms with E-state index >= 15 is 0 Å². The van der Waals surface area contributed by atoms with E-state index in [1.807, 2.05) is 47.4 Å². The number of aromatic nitrogens is 2. The van der Waals surface area contributed by atoms with Crippen LogP contribution in [0.3, 0.4) is 0 Å². The third kappa shape index (κ3) is 5.22. The Morgan fingerprint density at radius 1 is 1.00 bits per heavy atom. The van der Waals surface area contributed by atoms with Gasteiger partial charge in [-0.05, 0) is 17.2 Å². The van der Waals surface area contributed by atoms with Crippen molar-refractivity contribution in [3.63, 3.8) is 0 Å². The minimum atomic E-state index is 0.112. The maximum absolute atomic E-state index is 12.6. The van der Waals surface area contributed by atoms with Crippen LogP contribution in [-0.2, 0) is 24.2 Å². The van der Waals surface area contributed by atoms with Gasteiger partial charge in [0.25, 0.3) is 0 Å². The summed E-state index contributed by atoms with van der Waals surface area (Å²) in [5, 5.41) is 4.73. The van der Waals surface area contributed by atoms with Gasteiger partial charge in [0, 0.05) is 37.6 Å². The monoisotopic (exact) mass is 410 g/mol. The average Bonchev–Trinajstić information content (AvgIpc) is 3.17. The number of benzene rings is 2. The van der Waals surface area contributed by atoms with Crippen molar-refractivity contribution < 1.29 is 9.32 Å². The molecule has 6 nitrogen and oxygen atoms in total. The molecule has 0 unspecified atom stereocenters. The van der Waals surface area contributed by atoms with Crippen LogP contribution in [-0.4, -0.2) is 52.0 Å². The van der Waals surface area contributed by atoms with E-state index in [4.69, 9.17) is 16.1 Å². The summed E-state index contributed by atoms with van der Waals surface area (Å²) in [6.45, 7) is 3.55. The number of hydrogen-bond donors (Lipinski definition) is 0. The molecule has 29 heavy (non-hydrogen) atoms. The van der Waals surface area contributed by atoms with Crippen LogP contribution in [0.25, 0.3) is 0 Å². The standard InChI is InChI=1S/C22H23ClN4O2/c23-19-9-5-4-8-18(19)15-22(28)27-12-10-26(11-13-27)16-21-24-20(25-29-21)14-17-6-2-1-3-7-17/h1-9H,10-16H2. The van der Waals surface area contributed by atoms with Crippen LogP contribution in [0.1, 0.15) is 22.8 Å². The molecule has 150 valence electrons. The first-order valence-electron chi connectivity index (χ1n) is 9.76. The third-order valence-corrected chi connectivity index (χ3v) is 5.47. The predicted molar refractivity (Wildman–Crippen MR) is 111 cm³/mol. The van der Waals surface area contributed by atoms with Crippen molar-refractivity contribution in [2.75, 3.05) is 26.2 Å². The van der Waals surface area contributed by atoms with Gasteiger partial charge in [-0.1, -0.05) is 65.3 Å². The molecular formula is C22H23ClN4O2. The van der Waals surface area contributed by atoms with Crippen LogP contribution in [0.15, 0.2) is 59.1 Å². The number of carbonyl (C=O) groups is 1. The smallest absolute Gasteiger partial charge is 0.240 e. The van der Waals surface area contributed by atoms with E-state index in [2.05, 4.69) is 27.2 Å². The van der Waals surface area contributed by atoms with Gasteiger partial charge in [-0.2, -0.15) is 4.98 Å². The Morgan fingerprint density at radius 3 is 2.48 bits per heavy atom. The molecule has 2 heterocycles. The Hall–Kier alpha value is -2.70. The molecule has 0 spiro atoms. The lowest BCUT2D eigenvalue weighted by molar-refractivity contribution is -0.132. The Labute approximate surface area is 175 Å². The first-order valence-corrected chi connectivity index (χ1v) is 10.1. The van der Waals surface area contributed by atoms with Crippen LogP contribution >= 0.6 is 11.6 Å². The maximum atomic E-state index is 12.6. The van der Waals surface area contributed by atoms with E-state index in [1.165, 1.54) is 0 Å². The van der Waals surface area contributed by atoms with Crippen molar-refractivity contribution in [1.29, 1.82) is 0 Å². The highest BCUT2D eigenvalue weighted by atomic mass is 35.5. The zero-order valence-corrected chi connectivity index (χ0v) is 16.9. The van der Waals surface area contributed by atoms with Gasteiger partial charge < -0.3 is 9.42 Å². The Kier molecular flexibility index (Phi) is 6.22. The van der Waals surface area contributed by atoms with Crippen molar-refractivity contribution >= 4 is 17.5 Å².